The zero-order valence-corrected chi connectivity index (χ0v) is 19.3. The Bertz CT molecular complexity index is 888. The lowest BCUT2D eigenvalue weighted by Crippen LogP contribution is -2.56. The molecule has 0 bridgehead atoms. The predicted molar refractivity (Wildman–Crippen MR) is 120 cm³/mol. The molecule has 0 aliphatic carbocycles. The molecule has 2 rings (SSSR count). The maximum Gasteiger partial charge on any atom is 0.273 e. The van der Waals surface area contributed by atoms with Crippen molar-refractivity contribution in [3.05, 3.63) is 35.2 Å². The van der Waals surface area contributed by atoms with Gasteiger partial charge in [0.15, 0.2) is 0 Å². The van der Waals surface area contributed by atoms with Gasteiger partial charge in [0.05, 0.1) is 5.92 Å². The van der Waals surface area contributed by atoms with Gasteiger partial charge in [0.25, 0.3) is 5.91 Å². The molecule has 0 aliphatic rings. The predicted octanol–water partition coefficient (Wildman–Crippen LogP) is 2.25. The van der Waals surface area contributed by atoms with Crippen LogP contribution in [0, 0.1) is 11.3 Å². The summed E-state index contributed by atoms with van der Waals surface area (Å²) in [5, 5.41) is 15.6. The summed E-state index contributed by atoms with van der Waals surface area (Å²) >= 11 is 1.52. The summed E-state index contributed by atoms with van der Waals surface area (Å²) in [6, 6.07) is 9.00. The van der Waals surface area contributed by atoms with E-state index in [4.69, 9.17) is 4.74 Å². The Balaban J connectivity index is 2.40. The molecule has 1 aromatic heterocycles. The van der Waals surface area contributed by atoms with Crippen LogP contribution < -0.4 is 16.1 Å². The minimum absolute atomic E-state index is 0.173. The van der Waals surface area contributed by atoms with Crippen LogP contribution in [0.3, 0.4) is 0 Å². The van der Waals surface area contributed by atoms with Crippen molar-refractivity contribution in [2.45, 2.75) is 46.3 Å². The molecule has 0 fully saturated rings. The van der Waals surface area contributed by atoms with Gasteiger partial charge in [-0.05, 0) is 36.3 Å². The Morgan fingerprint density at radius 3 is 2.35 bits per heavy atom. The van der Waals surface area contributed by atoms with Crippen LogP contribution in [-0.2, 0) is 25.5 Å². The summed E-state index contributed by atoms with van der Waals surface area (Å²) in [5.74, 6) is -2.59. The maximum absolute atomic E-state index is 13.3. The highest BCUT2D eigenvalue weighted by molar-refractivity contribution is 7.19. The first-order chi connectivity index (χ1) is 14.6. The molecule has 0 saturated heterocycles. The van der Waals surface area contributed by atoms with Crippen LogP contribution in [0.25, 0.3) is 10.1 Å². The first-order valence-electron chi connectivity index (χ1n) is 10.2. The van der Waals surface area contributed by atoms with Gasteiger partial charge in [-0.2, -0.15) is 0 Å². The molecule has 170 valence electrons. The van der Waals surface area contributed by atoms with Crippen LogP contribution in [-0.4, -0.2) is 48.7 Å². The molecule has 4 N–H and O–H groups in total. The van der Waals surface area contributed by atoms with Gasteiger partial charge >= 0.3 is 0 Å². The lowest BCUT2D eigenvalue weighted by atomic mass is 9.85. The van der Waals surface area contributed by atoms with Gasteiger partial charge in [-0.1, -0.05) is 39.0 Å². The number of rotatable bonds is 9. The normalized spacial score (nSPS) is 14.5. The van der Waals surface area contributed by atoms with Crippen molar-refractivity contribution >= 4 is 39.1 Å². The van der Waals surface area contributed by atoms with E-state index in [9.17, 15) is 19.6 Å². The smallest absolute Gasteiger partial charge is 0.273 e. The number of carbonyl (C=O) groups excluding carboxylic acids is 3. The van der Waals surface area contributed by atoms with Crippen LogP contribution >= 0.6 is 11.3 Å². The lowest BCUT2D eigenvalue weighted by Gasteiger charge is -2.32. The number of nitrogens with one attached hydrogen (secondary N) is 3. The summed E-state index contributed by atoms with van der Waals surface area (Å²) < 4.78 is 6.61. The summed E-state index contributed by atoms with van der Waals surface area (Å²) in [6.45, 7) is 7.40. The van der Waals surface area contributed by atoms with Crippen LogP contribution in [0.1, 0.15) is 32.6 Å². The third-order valence-electron chi connectivity index (χ3n) is 4.98. The highest BCUT2D eigenvalue weighted by atomic mass is 32.1. The second kappa shape index (κ2) is 10.7. The number of carbonyl (C=O) groups is 3. The first kappa shape index (κ1) is 24.8. The van der Waals surface area contributed by atoms with Gasteiger partial charge in [-0.15, -0.1) is 11.3 Å². The molecule has 3 amide bonds. The quantitative estimate of drug-likeness (QED) is 0.346. The van der Waals surface area contributed by atoms with Crippen molar-refractivity contribution in [2.24, 2.45) is 11.3 Å². The number of amides is 3. The molecule has 3 unspecified atom stereocenters. The molecule has 9 heteroatoms. The molecule has 0 spiro atoms. The molecule has 0 saturated carbocycles. The van der Waals surface area contributed by atoms with Gasteiger partial charge in [-0.25, -0.2) is 5.48 Å². The first-order valence-corrected chi connectivity index (χ1v) is 11.0. The monoisotopic (exact) mass is 449 g/mol. The van der Waals surface area contributed by atoms with E-state index in [1.54, 1.807) is 12.4 Å². The second-order valence-electron chi connectivity index (χ2n) is 8.34. The number of fused-ring (bicyclic) bond motifs is 1. The van der Waals surface area contributed by atoms with Gasteiger partial charge in [0, 0.05) is 23.2 Å². The maximum atomic E-state index is 13.3. The molecule has 1 heterocycles. The summed E-state index contributed by atoms with van der Waals surface area (Å²) in [5.41, 5.74) is 1.04. The molecule has 31 heavy (non-hydrogen) atoms. The molecule has 0 aliphatic heterocycles. The van der Waals surface area contributed by atoms with Crippen LogP contribution in [0.15, 0.2) is 30.3 Å². The third kappa shape index (κ3) is 6.25. The Kier molecular flexibility index (Phi) is 8.55. The Morgan fingerprint density at radius 2 is 1.81 bits per heavy atom. The van der Waals surface area contributed by atoms with E-state index in [2.05, 4.69) is 10.6 Å². The minimum Gasteiger partial charge on any atom is -0.368 e. The molecular weight excluding hydrogens is 418 g/mol. The summed E-state index contributed by atoms with van der Waals surface area (Å²) in [7, 11) is 1.50. The minimum atomic E-state index is -1.22. The molecular formula is C22H31N3O5S. The third-order valence-corrected chi connectivity index (χ3v) is 6.11. The van der Waals surface area contributed by atoms with Gasteiger partial charge in [0.2, 0.25) is 11.8 Å². The number of benzene rings is 1. The van der Waals surface area contributed by atoms with Crippen LogP contribution in [0.5, 0.6) is 0 Å². The zero-order valence-electron chi connectivity index (χ0n) is 18.5. The van der Waals surface area contributed by atoms with E-state index >= 15 is 0 Å². The number of hydrogen-bond donors (Lipinski definition) is 4. The molecule has 1 aromatic carbocycles. The van der Waals surface area contributed by atoms with Gasteiger partial charge < -0.3 is 15.4 Å². The average molecular weight is 450 g/mol. The summed E-state index contributed by atoms with van der Waals surface area (Å²) in [6.07, 6.45) is -1.00. The lowest BCUT2D eigenvalue weighted by molar-refractivity contribution is -0.151. The van der Waals surface area contributed by atoms with Crippen molar-refractivity contribution in [1.82, 2.24) is 16.1 Å². The average Bonchev–Trinajstić information content (AvgIpc) is 3.15. The largest absolute Gasteiger partial charge is 0.368 e. The Morgan fingerprint density at radius 1 is 1.13 bits per heavy atom. The van der Waals surface area contributed by atoms with Crippen LogP contribution in [0.2, 0.25) is 0 Å². The molecule has 8 nitrogen and oxygen atoms in total. The number of ether oxygens (including phenoxy) is 1. The number of thiophene rings is 1. The molecule has 0 radical (unpaired) electrons. The van der Waals surface area contributed by atoms with Crippen molar-refractivity contribution in [3.8, 4) is 0 Å². The zero-order chi connectivity index (χ0) is 23.2. The Labute approximate surface area is 186 Å². The fourth-order valence-electron chi connectivity index (χ4n) is 3.38. The van der Waals surface area contributed by atoms with E-state index in [0.717, 1.165) is 15.0 Å². The van der Waals surface area contributed by atoms with E-state index in [-0.39, 0.29) is 18.9 Å². The second-order valence-corrected chi connectivity index (χ2v) is 9.50. The Hall–Kier alpha value is -2.49. The van der Waals surface area contributed by atoms with Crippen molar-refractivity contribution in [1.29, 1.82) is 0 Å². The van der Waals surface area contributed by atoms with E-state index < -0.39 is 35.3 Å². The number of likely N-dealkylation sites (N-methyl/N-ethyl adjacent to an activating group) is 1. The number of hydrogen-bond acceptors (Lipinski definition) is 6. The van der Waals surface area contributed by atoms with E-state index in [1.165, 1.54) is 18.4 Å². The molecule has 2 aromatic rings. The van der Waals surface area contributed by atoms with E-state index in [1.807, 2.05) is 51.1 Å². The van der Waals surface area contributed by atoms with E-state index in [0.29, 0.717) is 0 Å². The SMILES string of the molecule is CCOC(C(=O)NO)C(Cc1cc2ccccc2s1)C(=O)NC(C(=O)NC)C(C)(C)C. The van der Waals surface area contributed by atoms with Crippen LogP contribution in [0.4, 0.5) is 0 Å². The fraction of sp³-hybridized carbons (Fsp3) is 0.500. The van der Waals surface area contributed by atoms with Gasteiger partial charge in [-0.3, -0.25) is 19.6 Å². The standard InChI is InChI=1S/C22H31N3O5S/c1-6-30-17(20(27)25-29)15(12-14-11-13-9-7-8-10-16(13)31-14)19(26)24-18(21(28)23-5)22(2,3)4/h7-11,15,17-18,29H,6,12H2,1-5H3,(H,23,28)(H,24,26)(H,25,27). The highest BCUT2D eigenvalue weighted by Gasteiger charge is 2.39. The van der Waals surface area contributed by atoms with Crippen molar-refractivity contribution in [2.75, 3.05) is 13.7 Å². The van der Waals surface area contributed by atoms with Gasteiger partial charge in [0.1, 0.15) is 12.1 Å². The number of hydroxylamine groups is 1. The van der Waals surface area contributed by atoms with Crippen molar-refractivity contribution in [3.63, 3.8) is 0 Å². The highest BCUT2D eigenvalue weighted by Crippen LogP contribution is 2.29. The van der Waals surface area contributed by atoms with Crippen molar-refractivity contribution < 1.29 is 24.3 Å². The topological polar surface area (TPSA) is 117 Å². The molecule has 3 atom stereocenters. The fourth-order valence-corrected chi connectivity index (χ4v) is 4.50. The summed E-state index contributed by atoms with van der Waals surface area (Å²) in [4.78, 5) is 39.0.